The molecule has 0 fully saturated rings. The molecule has 0 radical (unpaired) electrons. The lowest BCUT2D eigenvalue weighted by Crippen LogP contribution is -1.98. The summed E-state index contributed by atoms with van der Waals surface area (Å²) in [7, 11) is 0. The van der Waals surface area contributed by atoms with Gasteiger partial charge in [-0.3, -0.25) is 4.99 Å². The average molecular weight is 209 g/mol. The molecule has 0 bridgehead atoms. The maximum atomic E-state index is 13.2. The minimum atomic E-state index is -0.547. The molecule has 1 aromatic carbocycles. The summed E-state index contributed by atoms with van der Waals surface area (Å²) in [6, 6.07) is 6.33. The van der Waals surface area contributed by atoms with Crippen LogP contribution in [0.3, 0.4) is 0 Å². The molecular weight excluding hydrogens is 196 g/mol. The normalized spacial score (nSPS) is 11.5. The van der Waals surface area contributed by atoms with Crippen LogP contribution in [0.4, 0.5) is 8.78 Å². The first-order valence-corrected chi connectivity index (χ1v) is 4.76. The van der Waals surface area contributed by atoms with Crippen LogP contribution in [-0.2, 0) is 6.54 Å². The van der Waals surface area contributed by atoms with Gasteiger partial charge in [-0.15, -0.1) is 0 Å². The highest BCUT2D eigenvalue weighted by Crippen LogP contribution is 2.09. The van der Waals surface area contributed by atoms with Crippen molar-refractivity contribution >= 4 is 5.71 Å². The van der Waals surface area contributed by atoms with Crippen molar-refractivity contribution in [2.24, 2.45) is 4.99 Å². The molecule has 0 saturated heterocycles. The van der Waals surface area contributed by atoms with Gasteiger partial charge in [-0.25, -0.2) is 8.78 Å². The highest BCUT2D eigenvalue weighted by Gasteiger charge is 2.02. The fourth-order valence-electron chi connectivity index (χ4n) is 1.20. The second-order valence-electron chi connectivity index (χ2n) is 3.11. The molecular formula is C12H13F2N. The summed E-state index contributed by atoms with van der Waals surface area (Å²) >= 11 is 0. The van der Waals surface area contributed by atoms with Crippen LogP contribution in [0.1, 0.15) is 18.9 Å². The Morgan fingerprint density at radius 3 is 2.60 bits per heavy atom. The van der Waals surface area contributed by atoms with Crippen molar-refractivity contribution in [1.29, 1.82) is 0 Å². The first-order chi connectivity index (χ1) is 7.15. The summed E-state index contributed by atoms with van der Waals surface area (Å²) < 4.78 is 25.9. The van der Waals surface area contributed by atoms with E-state index in [1.54, 1.807) is 25.1 Å². The van der Waals surface area contributed by atoms with Crippen LogP contribution in [0.5, 0.6) is 0 Å². The molecule has 0 aliphatic carbocycles. The van der Waals surface area contributed by atoms with Crippen molar-refractivity contribution in [2.45, 2.75) is 19.9 Å². The van der Waals surface area contributed by atoms with E-state index in [-0.39, 0.29) is 12.4 Å². The summed E-state index contributed by atoms with van der Waals surface area (Å²) in [5, 5.41) is 0. The smallest absolute Gasteiger partial charge is 0.137 e. The highest BCUT2D eigenvalue weighted by atomic mass is 19.1. The highest BCUT2D eigenvalue weighted by molar-refractivity contribution is 5.97. The molecule has 0 saturated carbocycles. The third-order valence-corrected chi connectivity index (χ3v) is 2.05. The number of hydrogen-bond donors (Lipinski definition) is 0. The summed E-state index contributed by atoms with van der Waals surface area (Å²) in [6.45, 7) is 5.10. The zero-order valence-corrected chi connectivity index (χ0v) is 8.63. The number of halogens is 2. The van der Waals surface area contributed by atoms with Gasteiger partial charge >= 0.3 is 0 Å². The van der Waals surface area contributed by atoms with E-state index >= 15 is 0 Å². The lowest BCUT2D eigenvalue weighted by atomic mass is 10.2. The molecule has 80 valence electrons. The van der Waals surface area contributed by atoms with E-state index in [1.165, 1.54) is 6.07 Å². The van der Waals surface area contributed by atoms with Gasteiger partial charge in [-0.1, -0.05) is 31.7 Å². The maximum absolute atomic E-state index is 13.2. The number of aliphatic imine (C=N–C) groups is 1. The predicted molar refractivity (Wildman–Crippen MR) is 58.1 cm³/mol. The number of rotatable bonds is 4. The second-order valence-corrected chi connectivity index (χ2v) is 3.11. The van der Waals surface area contributed by atoms with Crippen molar-refractivity contribution in [3.05, 3.63) is 48.1 Å². The molecule has 0 spiro atoms. The average Bonchev–Trinajstić information content (AvgIpc) is 2.21. The third-order valence-electron chi connectivity index (χ3n) is 2.05. The van der Waals surface area contributed by atoms with Crippen LogP contribution in [0.15, 0.2) is 41.7 Å². The first-order valence-electron chi connectivity index (χ1n) is 4.76. The standard InChI is InChI=1S/C12H13F2N/c1-3-12(9(2)13)15-8-10-6-4-5-7-11(10)14/h4-7H,2-3,8H2,1H3. The molecule has 0 N–H and O–H groups in total. The molecule has 0 atom stereocenters. The Morgan fingerprint density at radius 1 is 1.40 bits per heavy atom. The molecule has 0 heterocycles. The molecule has 3 heteroatoms. The van der Waals surface area contributed by atoms with E-state index < -0.39 is 5.83 Å². The molecule has 0 aliphatic heterocycles. The Hall–Kier alpha value is -1.51. The van der Waals surface area contributed by atoms with Gasteiger partial charge in [0.15, 0.2) is 0 Å². The Labute approximate surface area is 88.2 Å². The van der Waals surface area contributed by atoms with Gasteiger partial charge in [0.1, 0.15) is 11.6 Å². The molecule has 1 nitrogen and oxygen atoms in total. The molecule has 0 aromatic heterocycles. The lowest BCUT2D eigenvalue weighted by molar-refractivity contribution is 0.610. The summed E-state index contributed by atoms with van der Waals surface area (Å²) in [5.41, 5.74) is 0.753. The zero-order chi connectivity index (χ0) is 11.3. The van der Waals surface area contributed by atoms with Crippen LogP contribution in [0.2, 0.25) is 0 Å². The van der Waals surface area contributed by atoms with E-state index in [0.29, 0.717) is 17.7 Å². The SMILES string of the molecule is C=C(F)C(CC)=NCc1ccccc1F. The second kappa shape index (κ2) is 5.39. The Kier molecular flexibility index (Phi) is 4.16. The Bertz CT molecular complexity index is 383. The molecule has 15 heavy (non-hydrogen) atoms. The Morgan fingerprint density at radius 2 is 2.07 bits per heavy atom. The van der Waals surface area contributed by atoms with Gasteiger partial charge in [0.25, 0.3) is 0 Å². The van der Waals surface area contributed by atoms with Crippen molar-refractivity contribution in [1.82, 2.24) is 0 Å². The van der Waals surface area contributed by atoms with Gasteiger partial charge in [-0.2, -0.15) is 0 Å². The van der Waals surface area contributed by atoms with Gasteiger partial charge in [0.05, 0.1) is 12.3 Å². The summed E-state index contributed by atoms with van der Waals surface area (Å²) in [5.74, 6) is -0.866. The largest absolute Gasteiger partial charge is 0.282 e. The third kappa shape index (κ3) is 3.27. The van der Waals surface area contributed by atoms with Gasteiger partial charge in [0.2, 0.25) is 0 Å². The van der Waals surface area contributed by atoms with Crippen LogP contribution >= 0.6 is 0 Å². The summed E-state index contributed by atoms with van der Waals surface area (Å²) in [6.07, 6.45) is 0.462. The zero-order valence-electron chi connectivity index (χ0n) is 8.63. The van der Waals surface area contributed by atoms with E-state index in [2.05, 4.69) is 11.6 Å². The number of benzene rings is 1. The van der Waals surface area contributed by atoms with Crippen molar-refractivity contribution in [2.75, 3.05) is 0 Å². The minimum absolute atomic E-state index is 0.152. The van der Waals surface area contributed by atoms with E-state index in [4.69, 9.17) is 0 Å². The fourth-order valence-corrected chi connectivity index (χ4v) is 1.20. The van der Waals surface area contributed by atoms with Gasteiger partial charge in [0, 0.05) is 5.56 Å². The van der Waals surface area contributed by atoms with Crippen molar-refractivity contribution < 1.29 is 8.78 Å². The maximum Gasteiger partial charge on any atom is 0.137 e. The number of allylic oxidation sites excluding steroid dienone is 1. The monoisotopic (exact) mass is 209 g/mol. The van der Waals surface area contributed by atoms with Crippen LogP contribution < -0.4 is 0 Å². The first kappa shape index (κ1) is 11.6. The van der Waals surface area contributed by atoms with Crippen molar-refractivity contribution in [3.63, 3.8) is 0 Å². The number of nitrogens with zero attached hydrogens (tertiary/aromatic N) is 1. The molecule has 1 aromatic rings. The van der Waals surface area contributed by atoms with E-state index in [9.17, 15) is 8.78 Å². The van der Waals surface area contributed by atoms with Crippen molar-refractivity contribution in [3.8, 4) is 0 Å². The fraction of sp³-hybridized carbons (Fsp3) is 0.250. The molecule has 0 amide bonds. The van der Waals surface area contributed by atoms with Gasteiger partial charge < -0.3 is 0 Å². The van der Waals surface area contributed by atoms with Gasteiger partial charge in [-0.05, 0) is 12.5 Å². The molecule has 0 aliphatic rings. The molecule has 0 unspecified atom stereocenters. The minimum Gasteiger partial charge on any atom is -0.282 e. The van der Waals surface area contributed by atoms with E-state index in [1.807, 2.05) is 0 Å². The lowest BCUT2D eigenvalue weighted by Gasteiger charge is -2.01. The Balaban J connectivity index is 2.79. The van der Waals surface area contributed by atoms with E-state index in [0.717, 1.165) is 0 Å². The quantitative estimate of drug-likeness (QED) is 0.671. The molecule has 1 rings (SSSR count). The topological polar surface area (TPSA) is 12.4 Å². The van der Waals surface area contributed by atoms with Crippen LogP contribution in [0, 0.1) is 5.82 Å². The number of hydrogen-bond acceptors (Lipinski definition) is 1. The van der Waals surface area contributed by atoms with Crippen LogP contribution in [-0.4, -0.2) is 5.71 Å². The predicted octanol–water partition coefficient (Wildman–Crippen LogP) is 3.66. The summed E-state index contributed by atoms with van der Waals surface area (Å²) in [4.78, 5) is 3.97. The van der Waals surface area contributed by atoms with Crippen LogP contribution in [0.25, 0.3) is 0 Å².